The SMILES string of the molecule is CN(C)C1C=CC=CC1=S. The summed E-state index contributed by atoms with van der Waals surface area (Å²) in [6.07, 6.45) is 8.07. The van der Waals surface area contributed by atoms with Crippen LogP contribution in [0.1, 0.15) is 0 Å². The molecule has 0 fully saturated rings. The highest BCUT2D eigenvalue weighted by Gasteiger charge is 2.11. The number of hydrogen-bond donors (Lipinski definition) is 0. The van der Waals surface area contributed by atoms with E-state index < -0.39 is 0 Å². The van der Waals surface area contributed by atoms with Gasteiger partial charge in [0.25, 0.3) is 0 Å². The lowest BCUT2D eigenvalue weighted by atomic mass is 10.1. The normalized spacial score (nSPS) is 24.3. The maximum absolute atomic E-state index is 5.12. The van der Waals surface area contributed by atoms with Gasteiger partial charge in [0.1, 0.15) is 0 Å². The highest BCUT2D eigenvalue weighted by atomic mass is 32.1. The predicted octanol–water partition coefficient (Wildman–Crippen LogP) is 1.41. The average Bonchev–Trinajstić information content (AvgIpc) is 1.88. The minimum atomic E-state index is 0.319. The highest BCUT2D eigenvalue weighted by molar-refractivity contribution is 7.80. The van der Waals surface area contributed by atoms with Crippen molar-refractivity contribution >= 4 is 17.1 Å². The van der Waals surface area contributed by atoms with Gasteiger partial charge in [0.05, 0.1) is 6.04 Å². The van der Waals surface area contributed by atoms with Crippen LogP contribution >= 0.6 is 12.2 Å². The number of allylic oxidation sites excluding steroid dienone is 2. The van der Waals surface area contributed by atoms with Crippen molar-refractivity contribution in [1.29, 1.82) is 0 Å². The largest absolute Gasteiger partial charge is 0.298 e. The summed E-state index contributed by atoms with van der Waals surface area (Å²) in [5.41, 5.74) is 0. The van der Waals surface area contributed by atoms with Crippen molar-refractivity contribution in [2.24, 2.45) is 0 Å². The topological polar surface area (TPSA) is 3.24 Å². The van der Waals surface area contributed by atoms with Crippen molar-refractivity contribution in [3.63, 3.8) is 0 Å². The van der Waals surface area contributed by atoms with Gasteiger partial charge in [-0.05, 0) is 20.2 Å². The van der Waals surface area contributed by atoms with E-state index >= 15 is 0 Å². The first-order valence-corrected chi connectivity index (χ1v) is 3.68. The molecule has 0 saturated carbocycles. The first-order valence-electron chi connectivity index (χ1n) is 3.27. The van der Waals surface area contributed by atoms with Crippen LogP contribution in [0.5, 0.6) is 0 Å². The van der Waals surface area contributed by atoms with Crippen LogP contribution in [-0.2, 0) is 0 Å². The molecule has 1 nitrogen and oxygen atoms in total. The van der Waals surface area contributed by atoms with E-state index in [-0.39, 0.29) is 0 Å². The van der Waals surface area contributed by atoms with Gasteiger partial charge in [-0.1, -0.05) is 30.4 Å². The molecule has 0 radical (unpaired) electrons. The summed E-state index contributed by atoms with van der Waals surface area (Å²) in [6.45, 7) is 0. The Morgan fingerprint density at radius 1 is 1.40 bits per heavy atom. The lowest BCUT2D eigenvalue weighted by Crippen LogP contribution is -2.32. The highest BCUT2D eigenvalue weighted by Crippen LogP contribution is 2.05. The number of hydrogen-bond acceptors (Lipinski definition) is 2. The van der Waals surface area contributed by atoms with E-state index in [1.54, 1.807) is 0 Å². The number of nitrogens with zero attached hydrogens (tertiary/aromatic N) is 1. The maximum Gasteiger partial charge on any atom is 0.0632 e. The maximum atomic E-state index is 5.12. The van der Waals surface area contributed by atoms with Crippen LogP contribution in [-0.4, -0.2) is 29.9 Å². The smallest absolute Gasteiger partial charge is 0.0632 e. The Morgan fingerprint density at radius 3 is 2.50 bits per heavy atom. The van der Waals surface area contributed by atoms with Crippen LogP contribution in [0.2, 0.25) is 0 Å². The number of likely N-dealkylation sites (N-methyl/N-ethyl adjacent to an activating group) is 1. The van der Waals surface area contributed by atoms with Crippen LogP contribution in [0.4, 0.5) is 0 Å². The van der Waals surface area contributed by atoms with Crippen molar-refractivity contribution in [1.82, 2.24) is 4.90 Å². The van der Waals surface area contributed by atoms with Crippen molar-refractivity contribution in [2.75, 3.05) is 14.1 Å². The van der Waals surface area contributed by atoms with E-state index in [9.17, 15) is 0 Å². The molecule has 0 bridgehead atoms. The van der Waals surface area contributed by atoms with Gasteiger partial charge in [-0.2, -0.15) is 0 Å². The van der Waals surface area contributed by atoms with Crippen molar-refractivity contribution < 1.29 is 0 Å². The van der Waals surface area contributed by atoms with Gasteiger partial charge < -0.3 is 0 Å². The van der Waals surface area contributed by atoms with Crippen LogP contribution < -0.4 is 0 Å². The fourth-order valence-corrected chi connectivity index (χ4v) is 1.31. The second-order valence-corrected chi connectivity index (χ2v) is 3.03. The molecule has 0 heterocycles. The summed E-state index contributed by atoms with van der Waals surface area (Å²) in [5.74, 6) is 0. The fraction of sp³-hybridized carbons (Fsp3) is 0.375. The van der Waals surface area contributed by atoms with Gasteiger partial charge in [0, 0.05) is 4.86 Å². The average molecular weight is 153 g/mol. The van der Waals surface area contributed by atoms with Crippen LogP contribution in [0.25, 0.3) is 0 Å². The molecule has 54 valence electrons. The summed E-state index contributed by atoms with van der Waals surface area (Å²) >= 11 is 5.12. The van der Waals surface area contributed by atoms with Gasteiger partial charge in [0.15, 0.2) is 0 Å². The molecule has 1 rings (SSSR count). The Labute approximate surface area is 67.0 Å². The lowest BCUT2D eigenvalue weighted by Gasteiger charge is -2.21. The standard InChI is InChI=1S/C8H11NS/c1-9(2)7-5-3-4-6-8(7)10/h3-7H,1-2H3. The van der Waals surface area contributed by atoms with E-state index in [2.05, 4.69) is 11.0 Å². The molecular weight excluding hydrogens is 142 g/mol. The second-order valence-electron chi connectivity index (χ2n) is 2.55. The molecule has 0 spiro atoms. The zero-order valence-electron chi connectivity index (χ0n) is 6.24. The van der Waals surface area contributed by atoms with Gasteiger partial charge in [0.2, 0.25) is 0 Å². The van der Waals surface area contributed by atoms with Crippen molar-refractivity contribution in [3.8, 4) is 0 Å². The molecule has 0 aromatic carbocycles. The third-order valence-corrected chi connectivity index (χ3v) is 1.89. The van der Waals surface area contributed by atoms with Gasteiger partial charge >= 0.3 is 0 Å². The first kappa shape index (κ1) is 7.63. The first-order chi connectivity index (χ1) is 4.72. The molecule has 2 heteroatoms. The summed E-state index contributed by atoms with van der Waals surface area (Å²) in [5, 5.41) is 0. The van der Waals surface area contributed by atoms with Crippen LogP contribution in [0.15, 0.2) is 24.3 Å². The third kappa shape index (κ3) is 1.52. The fourth-order valence-electron chi connectivity index (χ4n) is 0.940. The number of thiocarbonyl (C=S) groups is 1. The third-order valence-electron chi connectivity index (χ3n) is 1.51. The van der Waals surface area contributed by atoms with E-state index in [4.69, 9.17) is 12.2 Å². The minimum Gasteiger partial charge on any atom is -0.298 e. The molecular formula is C8H11NS. The Morgan fingerprint density at radius 2 is 2.10 bits per heavy atom. The summed E-state index contributed by atoms with van der Waals surface area (Å²) in [7, 11) is 4.06. The number of rotatable bonds is 1. The molecule has 0 aromatic heterocycles. The lowest BCUT2D eigenvalue weighted by molar-refractivity contribution is 0.411. The van der Waals surface area contributed by atoms with E-state index in [1.165, 1.54) is 0 Å². The zero-order valence-corrected chi connectivity index (χ0v) is 7.06. The molecule has 1 aliphatic rings. The summed E-state index contributed by atoms with van der Waals surface area (Å²) < 4.78 is 0. The molecule has 0 saturated heterocycles. The zero-order chi connectivity index (χ0) is 7.56. The Bertz CT molecular complexity index is 191. The predicted molar refractivity (Wildman–Crippen MR) is 48.4 cm³/mol. The molecule has 0 aromatic rings. The van der Waals surface area contributed by atoms with E-state index in [0.29, 0.717) is 6.04 Å². The molecule has 1 aliphatic carbocycles. The van der Waals surface area contributed by atoms with Gasteiger partial charge in [-0.15, -0.1) is 0 Å². The van der Waals surface area contributed by atoms with Crippen LogP contribution in [0, 0.1) is 0 Å². The van der Waals surface area contributed by atoms with E-state index in [1.807, 2.05) is 32.3 Å². The van der Waals surface area contributed by atoms with Gasteiger partial charge in [-0.3, -0.25) is 4.90 Å². The molecule has 1 unspecified atom stereocenters. The summed E-state index contributed by atoms with van der Waals surface area (Å²) in [6, 6.07) is 0.319. The molecule has 1 atom stereocenters. The second kappa shape index (κ2) is 3.08. The minimum absolute atomic E-state index is 0.319. The Balaban J connectivity index is 2.70. The van der Waals surface area contributed by atoms with Crippen molar-refractivity contribution in [2.45, 2.75) is 6.04 Å². The van der Waals surface area contributed by atoms with Gasteiger partial charge in [-0.25, -0.2) is 0 Å². The molecule has 0 amide bonds. The molecule has 0 aliphatic heterocycles. The van der Waals surface area contributed by atoms with Crippen LogP contribution in [0.3, 0.4) is 0 Å². The Kier molecular flexibility index (Phi) is 2.35. The Hall–Kier alpha value is -0.470. The van der Waals surface area contributed by atoms with Crippen molar-refractivity contribution in [3.05, 3.63) is 24.3 Å². The molecule has 0 N–H and O–H groups in total. The summed E-state index contributed by atoms with van der Waals surface area (Å²) in [4.78, 5) is 3.09. The van der Waals surface area contributed by atoms with E-state index in [0.717, 1.165) is 4.86 Å². The monoisotopic (exact) mass is 153 g/mol. The molecule has 10 heavy (non-hydrogen) atoms. The quantitative estimate of drug-likeness (QED) is 0.524.